The van der Waals surface area contributed by atoms with Gasteiger partial charge < -0.3 is 10.1 Å². The SMILES string of the molecule is COC(=O)CCC(=O)N[C@@H](Cc1ccccc1)c1cccs1. The molecule has 0 saturated carbocycles. The number of hydrogen-bond acceptors (Lipinski definition) is 4. The molecule has 0 unspecified atom stereocenters. The van der Waals surface area contributed by atoms with Crippen LogP contribution in [0, 0.1) is 0 Å². The van der Waals surface area contributed by atoms with Crippen LogP contribution in [0.2, 0.25) is 0 Å². The molecule has 1 aromatic carbocycles. The lowest BCUT2D eigenvalue weighted by Gasteiger charge is -2.17. The summed E-state index contributed by atoms with van der Waals surface area (Å²) in [7, 11) is 1.32. The van der Waals surface area contributed by atoms with E-state index in [4.69, 9.17) is 0 Å². The monoisotopic (exact) mass is 317 g/mol. The molecule has 2 aromatic rings. The van der Waals surface area contributed by atoms with E-state index in [0.29, 0.717) is 0 Å². The number of esters is 1. The van der Waals surface area contributed by atoms with E-state index in [9.17, 15) is 9.59 Å². The van der Waals surface area contributed by atoms with E-state index < -0.39 is 0 Å². The van der Waals surface area contributed by atoms with E-state index in [-0.39, 0.29) is 30.8 Å². The van der Waals surface area contributed by atoms with Crippen LogP contribution in [-0.2, 0) is 20.7 Å². The number of rotatable bonds is 7. The lowest BCUT2D eigenvalue weighted by Crippen LogP contribution is -2.29. The van der Waals surface area contributed by atoms with Crippen molar-refractivity contribution in [3.63, 3.8) is 0 Å². The van der Waals surface area contributed by atoms with E-state index in [0.717, 1.165) is 16.9 Å². The zero-order valence-electron chi connectivity index (χ0n) is 12.5. The zero-order chi connectivity index (χ0) is 15.8. The molecule has 0 aliphatic rings. The molecule has 0 aliphatic carbocycles. The first kappa shape index (κ1) is 16.2. The number of ether oxygens (including phenoxy) is 1. The fraction of sp³-hybridized carbons (Fsp3) is 0.294. The molecular formula is C17H19NO3S. The molecule has 2 rings (SSSR count). The van der Waals surface area contributed by atoms with Crippen LogP contribution in [0.3, 0.4) is 0 Å². The van der Waals surface area contributed by atoms with Gasteiger partial charge in [-0.1, -0.05) is 36.4 Å². The Hall–Kier alpha value is -2.14. The standard InChI is InChI=1S/C17H19NO3S/c1-21-17(20)10-9-16(19)18-14(15-8-5-11-22-15)12-13-6-3-2-4-7-13/h2-8,11,14H,9-10,12H2,1H3,(H,18,19)/t14-/m0/s1. The summed E-state index contributed by atoms with van der Waals surface area (Å²) in [6, 6.07) is 13.9. The van der Waals surface area contributed by atoms with Crippen LogP contribution in [0.4, 0.5) is 0 Å². The van der Waals surface area contributed by atoms with Crippen molar-refractivity contribution in [2.24, 2.45) is 0 Å². The molecule has 116 valence electrons. The number of benzene rings is 1. The van der Waals surface area contributed by atoms with Gasteiger partial charge in [0.1, 0.15) is 0 Å². The molecular weight excluding hydrogens is 298 g/mol. The van der Waals surface area contributed by atoms with Gasteiger partial charge in [-0.05, 0) is 23.4 Å². The van der Waals surface area contributed by atoms with E-state index in [1.54, 1.807) is 11.3 Å². The summed E-state index contributed by atoms with van der Waals surface area (Å²) < 4.78 is 4.56. The maximum Gasteiger partial charge on any atom is 0.306 e. The van der Waals surface area contributed by atoms with E-state index in [1.807, 2.05) is 47.8 Å². The maximum atomic E-state index is 12.0. The summed E-state index contributed by atoms with van der Waals surface area (Å²) in [5, 5.41) is 5.01. The third-order valence-corrected chi connectivity index (χ3v) is 4.27. The molecule has 0 bridgehead atoms. The van der Waals surface area contributed by atoms with Crippen molar-refractivity contribution >= 4 is 23.2 Å². The van der Waals surface area contributed by atoms with Gasteiger partial charge >= 0.3 is 5.97 Å². The average Bonchev–Trinajstić information content (AvgIpc) is 3.07. The molecule has 0 aliphatic heterocycles. The van der Waals surface area contributed by atoms with Crippen LogP contribution in [0.1, 0.15) is 29.3 Å². The maximum absolute atomic E-state index is 12.0. The molecule has 1 aromatic heterocycles. The van der Waals surface area contributed by atoms with E-state index in [2.05, 4.69) is 10.1 Å². The van der Waals surface area contributed by atoms with Crippen molar-refractivity contribution in [2.45, 2.75) is 25.3 Å². The predicted octanol–water partition coefficient (Wildman–Crippen LogP) is 3.10. The molecule has 22 heavy (non-hydrogen) atoms. The first-order chi connectivity index (χ1) is 10.7. The molecule has 1 N–H and O–H groups in total. The van der Waals surface area contributed by atoms with Gasteiger partial charge in [0, 0.05) is 11.3 Å². The number of thiophene rings is 1. The fourth-order valence-corrected chi connectivity index (χ4v) is 2.92. The van der Waals surface area contributed by atoms with Gasteiger partial charge in [-0.3, -0.25) is 9.59 Å². The largest absolute Gasteiger partial charge is 0.469 e. The van der Waals surface area contributed by atoms with Crippen molar-refractivity contribution in [3.8, 4) is 0 Å². The molecule has 5 heteroatoms. The molecule has 1 amide bonds. The number of carbonyl (C=O) groups is 2. The highest BCUT2D eigenvalue weighted by molar-refractivity contribution is 7.10. The fourth-order valence-electron chi connectivity index (χ4n) is 2.15. The molecule has 0 saturated heterocycles. The Morgan fingerprint density at radius 2 is 1.91 bits per heavy atom. The third-order valence-electron chi connectivity index (χ3n) is 3.29. The second kappa shape index (κ2) is 8.34. The lowest BCUT2D eigenvalue weighted by molar-refractivity contribution is -0.142. The smallest absolute Gasteiger partial charge is 0.306 e. The Balaban J connectivity index is 1.99. The second-order valence-corrected chi connectivity index (χ2v) is 5.88. The second-order valence-electron chi connectivity index (χ2n) is 4.90. The molecule has 0 spiro atoms. The van der Waals surface area contributed by atoms with Gasteiger partial charge in [-0.2, -0.15) is 0 Å². The quantitative estimate of drug-likeness (QED) is 0.798. The minimum Gasteiger partial charge on any atom is -0.469 e. The number of nitrogens with one attached hydrogen (secondary N) is 1. The molecule has 0 radical (unpaired) electrons. The van der Waals surface area contributed by atoms with Gasteiger partial charge in [0.2, 0.25) is 5.91 Å². The number of amides is 1. The van der Waals surface area contributed by atoms with Crippen molar-refractivity contribution in [1.29, 1.82) is 0 Å². The van der Waals surface area contributed by atoms with Gasteiger partial charge in [0.15, 0.2) is 0 Å². The normalized spacial score (nSPS) is 11.7. The summed E-state index contributed by atoms with van der Waals surface area (Å²) in [5.74, 6) is -0.509. The zero-order valence-corrected chi connectivity index (χ0v) is 13.3. The minimum atomic E-state index is -0.370. The topological polar surface area (TPSA) is 55.4 Å². The summed E-state index contributed by atoms with van der Waals surface area (Å²) in [6.07, 6.45) is 0.972. The molecule has 4 nitrogen and oxygen atoms in total. The average molecular weight is 317 g/mol. The summed E-state index contributed by atoms with van der Waals surface area (Å²) in [6.45, 7) is 0. The molecule has 1 heterocycles. The van der Waals surface area contributed by atoms with Crippen LogP contribution < -0.4 is 5.32 Å². The Kier molecular flexibility index (Phi) is 6.15. The van der Waals surface area contributed by atoms with Gasteiger partial charge in [0.25, 0.3) is 0 Å². The highest BCUT2D eigenvalue weighted by Crippen LogP contribution is 2.23. The Labute approximate surface area is 134 Å². The highest BCUT2D eigenvalue weighted by atomic mass is 32.1. The van der Waals surface area contributed by atoms with Crippen molar-refractivity contribution in [3.05, 3.63) is 58.3 Å². The van der Waals surface area contributed by atoms with Crippen LogP contribution in [-0.4, -0.2) is 19.0 Å². The first-order valence-electron chi connectivity index (χ1n) is 7.12. The summed E-state index contributed by atoms with van der Waals surface area (Å²) in [4.78, 5) is 24.3. The highest BCUT2D eigenvalue weighted by Gasteiger charge is 2.17. The van der Waals surface area contributed by atoms with Crippen LogP contribution in [0.5, 0.6) is 0 Å². The predicted molar refractivity (Wildman–Crippen MR) is 86.6 cm³/mol. The van der Waals surface area contributed by atoms with Gasteiger partial charge in [-0.15, -0.1) is 11.3 Å². The third kappa shape index (κ3) is 5.00. The number of hydrogen-bond donors (Lipinski definition) is 1. The Morgan fingerprint density at radius 1 is 1.14 bits per heavy atom. The van der Waals surface area contributed by atoms with Crippen molar-refractivity contribution in [1.82, 2.24) is 5.32 Å². The van der Waals surface area contributed by atoms with Crippen LogP contribution in [0.15, 0.2) is 47.8 Å². The van der Waals surface area contributed by atoms with Crippen LogP contribution in [0.25, 0.3) is 0 Å². The van der Waals surface area contributed by atoms with E-state index in [1.165, 1.54) is 7.11 Å². The molecule has 0 fully saturated rings. The van der Waals surface area contributed by atoms with Gasteiger partial charge in [-0.25, -0.2) is 0 Å². The summed E-state index contributed by atoms with van der Waals surface area (Å²) >= 11 is 1.61. The van der Waals surface area contributed by atoms with E-state index >= 15 is 0 Å². The van der Waals surface area contributed by atoms with Crippen molar-refractivity contribution in [2.75, 3.05) is 7.11 Å². The number of methoxy groups -OCH3 is 1. The first-order valence-corrected chi connectivity index (χ1v) is 8.00. The minimum absolute atomic E-state index is 0.0763. The Bertz CT molecular complexity index is 596. The lowest BCUT2D eigenvalue weighted by atomic mass is 10.0. The van der Waals surface area contributed by atoms with Crippen LogP contribution >= 0.6 is 11.3 Å². The Morgan fingerprint density at radius 3 is 2.55 bits per heavy atom. The molecule has 1 atom stereocenters. The number of carbonyl (C=O) groups excluding carboxylic acids is 2. The van der Waals surface area contributed by atoms with Crippen molar-refractivity contribution < 1.29 is 14.3 Å². The van der Waals surface area contributed by atoms with Gasteiger partial charge in [0.05, 0.1) is 19.6 Å². The summed E-state index contributed by atoms with van der Waals surface area (Å²) in [5.41, 5.74) is 1.16.